The Bertz CT molecular complexity index is 433. The van der Waals surface area contributed by atoms with Crippen molar-refractivity contribution < 1.29 is 0 Å². The smallest absolute Gasteiger partial charge is 0.0358 e. The molecule has 2 heteroatoms. The van der Waals surface area contributed by atoms with Crippen LogP contribution >= 0.6 is 11.3 Å². The summed E-state index contributed by atoms with van der Waals surface area (Å²) in [6.45, 7) is 4.76. The molecule has 1 aromatic heterocycles. The second-order valence-corrected chi connectivity index (χ2v) is 4.98. The molecular weight excluding hydrogens is 226 g/mol. The standard InChI is InChI=1S/C15H17NS/c1-2-7-15(13-8-4-3-5-9-13)16-12-14-10-6-11-17-14/h2-6,8-11,15-16H,1,7,12H2/t15-/m1/s1. The van der Waals surface area contributed by atoms with Gasteiger partial charge in [0.05, 0.1) is 0 Å². The van der Waals surface area contributed by atoms with Crippen molar-refractivity contribution in [3.8, 4) is 0 Å². The lowest BCUT2D eigenvalue weighted by atomic mass is 10.0. The molecule has 2 aromatic rings. The molecule has 1 nitrogen and oxygen atoms in total. The van der Waals surface area contributed by atoms with Crippen LogP contribution in [0.4, 0.5) is 0 Å². The summed E-state index contributed by atoms with van der Waals surface area (Å²) in [6, 6.07) is 15.1. The van der Waals surface area contributed by atoms with E-state index in [1.165, 1.54) is 10.4 Å². The third kappa shape index (κ3) is 3.55. The Morgan fingerprint density at radius 3 is 2.65 bits per heavy atom. The second kappa shape index (κ2) is 6.38. The molecule has 17 heavy (non-hydrogen) atoms. The van der Waals surface area contributed by atoms with Gasteiger partial charge in [0.2, 0.25) is 0 Å². The predicted octanol–water partition coefficient (Wildman–Crippen LogP) is 4.16. The average molecular weight is 243 g/mol. The Kier molecular flexibility index (Phi) is 4.54. The van der Waals surface area contributed by atoms with Crippen LogP contribution in [0.5, 0.6) is 0 Å². The van der Waals surface area contributed by atoms with Crippen LogP contribution < -0.4 is 5.32 Å². The lowest BCUT2D eigenvalue weighted by Crippen LogP contribution is -2.19. The lowest BCUT2D eigenvalue weighted by molar-refractivity contribution is 0.542. The zero-order valence-corrected chi connectivity index (χ0v) is 10.6. The number of hydrogen-bond donors (Lipinski definition) is 1. The molecule has 2 rings (SSSR count). The minimum absolute atomic E-state index is 0.357. The molecule has 0 unspecified atom stereocenters. The van der Waals surface area contributed by atoms with Gasteiger partial charge in [0.15, 0.2) is 0 Å². The summed E-state index contributed by atoms with van der Waals surface area (Å²) in [6.07, 6.45) is 2.93. The van der Waals surface area contributed by atoms with Crippen molar-refractivity contribution in [1.82, 2.24) is 5.32 Å². The second-order valence-electron chi connectivity index (χ2n) is 3.95. The van der Waals surface area contributed by atoms with Crippen molar-refractivity contribution in [2.45, 2.75) is 19.0 Å². The molecule has 0 bridgehead atoms. The Hall–Kier alpha value is -1.38. The maximum absolute atomic E-state index is 3.83. The molecule has 1 atom stereocenters. The first-order chi connectivity index (χ1) is 8.40. The fourth-order valence-corrected chi connectivity index (χ4v) is 2.48. The molecule has 0 spiro atoms. The third-order valence-electron chi connectivity index (χ3n) is 2.71. The van der Waals surface area contributed by atoms with Gasteiger partial charge in [-0.25, -0.2) is 0 Å². The van der Waals surface area contributed by atoms with E-state index in [4.69, 9.17) is 0 Å². The maximum Gasteiger partial charge on any atom is 0.0358 e. The Morgan fingerprint density at radius 1 is 1.18 bits per heavy atom. The van der Waals surface area contributed by atoms with Crippen LogP contribution in [-0.2, 0) is 6.54 Å². The summed E-state index contributed by atoms with van der Waals surface area (Å²) in [5, 5.41) is 5.69. The molecule has 0 saturated carbocycles. The third-order valence-corrected chi connectivity index (χ3v) is 3.58. The number of nitrogens with one attached hydrogen (secondary N) is 1. The van der Waals surface area contributed by atoms with Gasteiger partial charge >= 0.3 is 0 Å². The molecule has 0 aliphatic carbocycles. The summed E-state index contributed by atoms with van der Waals surface area (Å²) in [7, 11) is 0. The Balaban J connectivity index is 2.00. The van der Waals surface area contributed by atoms with Gasteiger partial charge < -0.3 is 5.32 Å². The topological polar surface area (TPSA) is 12.0 Å². The van der Waals surface area contributed by atoms with E-state index >= 15 is 0 Å². The molecule has 1 aromatic carbocycles. The first-order valence-corrected chi connectivity index (χ1v) is 6.69. The SMILES string of the molecule is C=CC[C@@H](NCc1cccs1)c1ccccc1. The fourth-order valence-electron chi connectivity index (χ4n) is 1.83. The first-order valence-electron chi connectivity index (χ1n) is 5.82. The monoisotopic (exact) mass is 243 g/mol. The Labute approximate surface area is 107 Å². The van der Waals surface area contributed by atoms with Gasteiger partial charge in [0.25, 0.3) is 0 Å². The van der Waals surface area contributed by atoms with Gasteiger partial charge in [-0.1, -0.05) is 42.5 Å². The molecule has 0 aliphatic rings. The zero-order valence-electron chi connectivity index (χ0n) is 9.80. The van der Waals surface area contributed by atoms with Gasteiger partial charge in [-0.05, 0) is 23.4 Å². The van der Waals surface area contributed by atoms with Crippen molar-refractivity contribution in [3.63, 3.8) is 0 Å². The van der Waals surface area contributed by atoms with E-state index in [-0.39, 0.29) is 0 Å². The average Bonchev–Trinajstić information content (AvgIpc) is 2.88. The van der Waals surface area contributed by atoms with Crippen LogP contribution in [0, 0.1) is 0 Å². The first kappa shape index (κ1) is 12.1. The van der Waals surface area contributed by atoms with E-state index in [0.717, 1.165) is 13.0 Å². The van der Waals surface area contributed by atoms with Crippen LogP contribution in [0.3, 0.4) is 0 Å². The number of thiophene rings is 1. The van der Waals surface area contributed by atoms with Crippen LogP contribution in [0.2, 0.25) is 0 Å². The van der Waals surface area contributed by atoms with Gasteiger partial charge in [0.1, 0.15) is 0 Å². The van der Waals surface area contributed by atoms with Crippen LogP contribution in [0.25, 0.3) is 0 Å². The quantitative estimate of drug-likeness (QED) is 0.751. The van der Waals surface area contributed by atoms with Gasteiger partial charge in [-0.3, -0.25) is 0 Å². The van der Waals surface area contributed by atoms with Crippen LogP contribution in [0.15, 0.2) is 60.5 Å². The van der Waals surface area contributed by atoms with E-state index in [1.807, 2.05) is 12.1 Å². The highest BCUT2D eigenvalue weighted by molar-refractivity contribution is 7.09. The highest BCUT2D eigenvalue weighted by Crippen LogP contribution is 2.18. The molecular formula is C15H17NS. The molecule has 0 amide bonds. The van der Waals surface area contributed by atoms with Crippen molar-refractivity contribution in [1.29, 1.82) is 0 Å². The van der Waals surface area contributed by atoms with E-state index in [1.54, 1.807) is 11.3 Å². The normalized spacial score (nSPS) is 12.2. The molecule has 88 valence electrons. The van der Waals surface area contributed by atoms with E-state index in [9.17, 15) is 0 Å². The Morgan fingerprint density at radius 2 is 2.00 bits per heavy atom. The molecule has 0 fully saturated rings. The summed E-state index contributed by atoms with van der Waals surface area (Å²) in [5.74, 6) is 0. The summed E-state index contributed by atoms with van der Waals surface area (Å²) in [4.78, 5) is 1.37. The van der Waals surface area contributed by atoms with Gasteiger partial charge in [0, 0.05) is 17.5 Å². The van der Waals surface area contributed by atoms with E-state index < -0.39 is 0 Å². The summed E-state index contributed by atoms with van der Waals surface area (Å²) >= 11 is 1.79. The number of rotatable bonds is 6. The molecule has 0 radical (unpaired) electrons. The minimum Gasteiger partial charge on any atom is -0.305 e. The summed E-state index contributed by atoms with van der Waals surface area (Å²) in [5.41, 5.74) is 1.32. The summed E-state index contributed by atoms with van der Waals surface area (Å²) < 4.78 is 0. The molecule has 1 N–H and O–H groups in total. The zero-order chi connectivity index (χ0) is 11.9. The van der Waals surface area contributed by atoms with Crippen molar-refractivity contribution >= 4 is 11.3 Å². The molecule has 0 saturated heterocycles. The number of hydrogen-bond acceptors (Lipinski definition) is 2. The minimum atomic E-state index is 0.357. The predicted molar refractivity (Wildman–Crippen MR) is 75.2 cm³/mol. The molecule has 1 heterocycles. The number of benzene rings is 1. The molecule has 0 aliphatic heterocycles. The largest absolute Gasteiger partial charge is 0.305 e. The highest BCUT2D eigenvalue weighted by atomic mass is 32.1. The van der Waals surface area contributed by atoms with Gasteiger partial charge in [-0.15, -0.1) is 17.9 Å². The fraction of sp³-hybridized carbons (Fsp3) is 0.200. The van der Waals surface area contributed by atoms with Gasteiger partial charge in [-0.2, -0.15) is 0 Å². The van der Waals surface area contributed by atoms with Crippen molar-refractivity contribution in [2.75, 3.05) is 0 Å². The van der Waals surface area contributed by atoms with E-state index in [2.05, 4.69) is 53.7 Å². The van der Waals surface area contributed by atoms with Crippen LogP contribution in [0.1, 0.15) is 22.9 Å². The van der Waals surface area contributed by atoms with Crippen molar-refractivity contribution in [3.05, 3.63) is 70.9 Å². The maximum atomic E-state index is 3.83. The lowest BCUT2D eigenvalue weighted by Gasteiger charge is -2.17. The van der Waals surface area contributed by atoms with E-state index in [0.29, 0.717) is 6.04 Å². The highest BCUT2D eigenvalue weighted by Gasteiger charge is 2.08. The van der Waals surface area contributed by atoms with Crippen LogP contribution in [-0.4, -0.2) is 0 Å². The van der Waals surface area contributed by atoms with Crippen molar-refractivity contribution in [2.24, 2.45) is 0 Å².